The Kier molecular flexibility index (Phi) is 5.74. The molecule has 2 aromatic heterocycles. The van der Waals surface area contributed by atoms with Gasteiger partial charge in [-0.3, -0.25) is 20.2 Å². The van der Waals surface area contributed by atoms with Crippen LogP contribution < -0.4 is 10.1 Å². The Hall–Kier alpha value is -3.63. The van der Waals surface area contributed by atoms with Crippen molar-refractivity contribution in [1.29, 1.82) is 0 Å². The molecule has 0 fully saturated rings. The molecule has 156 valence electrons. The van der Waals surface area contributed by atoms with Crippen LogP contribution in [0.15, 0.2) is 60.7 Å². The van der Waals surface area contributed by atoms with Crippen LogP contribution in [-0.4, -0.2) is 15.8 Å². The molecular weight excluding hydrogens is 441 g/mol. The fourth-order valence-electron chi connectivity index (χ4n) is 2.64. The van der Waals surface area contributed by atoms with Crippen LogP contribution in [0.5, 0.6) is 10.8 Å². The molecule has 7 nitrogen and oxygen atoms in total. The van der Waals surface area contributed by atoms with Crippen molar-refractivity contribution in [3.63, 3.8) is 0 Å². The van der Waals surface area contributed by atoms with Crippen LogP contribution in [0.25, 0.3) is 11.3 Å². The van der Waals surface area contributed by atoms with Crippen LogP contribution in [0.4, 0.5) is 14.5 Å². The summed E-state index contributed by atoms with van der Waals surface area (Å²) in [6.07, 6.45) is 0. The van der Waals surface area contributed by atoms with Crippen molar-refractivity contribution in [1.82, 2.24) is 4.98 Å². The molecule has 1 N–H and O–H groups in total. The Morgan fingerprint density at radius 3 is 2.42 bits per heavy atom. The summed E-state index contributed by atoms with van der Waals surface area (Å²) in [7, 11) is 0. The molecular formula is C21H14FN3O4S2. The fourth-order valence-corrected chi connectivity index (χ4v) is 4.21. The van der Waals surface area contributed by atoms with Crippen LogP contribution in [0.1, 0.15) is 15.2 Å². The van der Waals surface area contributed by atoms with Gasteiger partial charge in [0, 0.05) is 11.6 Å². The first-order valence-corrected chi connectivity index (χ1v) is 10.6. The zero-order valence-electron chi connectivity index (χ0n) is 16.0. The van der Waals surface area contributed by atoms with E-state index >= 15 is 0 Å². The maximum absolute atomic E-state index is 13.4. The molecule has 31 heavy (non-hydrogen) atoms. The Morgan fingerprint density at radius 2 is 1.77 bits per heavy atom. The number of carbonyl (C=O) groups is 1. The average molecular weight is 455 g/mol. The second-order valence-electron chi connectivity index (χ2n) is 6.43. The second-order valence-corrected chi connectivity index (χ2v) is 8.45. The summed E-state index contributed by atoms with van der Waals surface area (Å²) < 4.78 is 19.3. The Balaban J connectivity index is 1.64. The van der Waals surface area contributed by atoms with Gasteiger partial charge in [0.1, 0.15) is 17.3 Å². The summed E-state index contributed by atoms with van der Waals surface area (Å²) in [6.45, 7) is 1.96. The average Bonchev–Trinajstić information content (AvgIpc) is 3.38. The minimum absolute atomic E-state index is 0.125. The van der Waals surface area contributed by atoms with E-state index < -0.39 is 10.8 Å². The van der Waals surface area contributed by atoms with Crippen LogP contribution in [-0.2, 0) is 0 Å². The van der Waals surface area contributed by atoms with E-state index in [4.69, 9.17) is 4.74 Å². The molecule has 2 aromatic carbocycles. The van der Waals surface area contributed by atoms with Crippen molar-refractivity contribution in [3.05, 3.63) is 87.0 Å². The van der Waals surface area contributed by atoms with Gasteiger partial charge in [0.2, 0.25) is 5.06 Å². The number of anilines is 1. The number of benzene rings is 2. The number of nitrogens with zero attached hydrogens (tertiary/aromatic N) is 2. The zero-order valence-corrected chi connectivity index (χ0v) is 17.6. The molecule has 10 heteroatoms. The first-order chi connectivity index (χ1) is 14.9. The number of thiophene rings is 1. The van der Waals surface area contributed by atoms with E-state index in [2.05, 4.69) is 10.3 Å². The molecule has 0 radical (unpaired) electrons. The normalized spacial score (nSPS) is 10.6. The van der Waals surface area contributed by atoms with E-state index in [-0.39, 0.29) is 20.8 Å². The lowest BCUT2D eigenvalue weighted by Crippen LogP contribution is -2.09. The second kappa shape index (κ2) is 8.62. The molecule has 0 unspecified atom stereocenters. The number of aryl methyl sites for hydroxylation is 1. The smallest absolute Gasteiger partial charge is 0.324 e. The predicted octanol–water partition coefficient (Wildman–Crippen LogP) is 6.27. The SMILES string of the molecule is Cc1ccc(Oc2sc(NC(=O)c3ccc([N+](=O)[O-])s3)nc2-c2ccc(F)cc2)cc1. The zero-order chi connectivity index (χ0) is 22.0. The number of hydrogen-bond acceptors (Lipinski definition) is 7. The highest BCUT2D eigenvalue weighted by atomic mass is 32.1. The van der Waals surface area contributed by atoms with Crippen LogP contribution in [0, 0.1) is 22.9 Å². The molecule has 0 saturated heterocycles. The van der Waals surface area contributed by atoms with Gasteiger partial charge in [-0.15, -0.1) is 0 Å². The third-order valence-corrected chi connectivity index (χ3v) is 6.05. The molecule has 0 spiro atoms. The van der Waals surface area contributed by atoms with Gasteiger partial charge < -0.3 is 4.74 Å². The third-order valence-electron chi connectivity index (χ3n) is 4.16. The number of hydrogen-bond donors (Lipinski definition) is 1. The molecule has 0 aliphatic heterocycles. The summed E-state index contributed by atoms with van der Waals surface area (Å²) in [5.41, 5.74) is 2.14. The van der Waals surface area contributed by atoms with E-state index in [0.717, 1.165) is 28.2 Å². The van der Waals surface area contributed by atoms with E-state index in [0.29, 0.717) is 22.1 Å². The van der Waals surface area contributed by atoms with E-state index in [1.165, 1.54) is 24.3 Å². The minimum Gasteiger partial charge on any atom is -0.444 e. The standard InChI is InChI=1S/C21H14FN3O4S2/c1-12-2-8-15(9-3-12)29-20-18(13-4-6-14(22)7-5-13)23-21(31-20)24-19(26)16-10-11-17(30-16)25(27)28/h2-11H,1H3,(H,23,24,26). The Bertz CT molecular complexity index is 1250. The highest BCUT2D eigenvalue weighted by Gasteiger charge is 2.20. The number of nitro groups is 1. The van der Waals surface area contributed by atoms with Gasteiger partial charge >= 0.3 is 5.00 Å². The maximum atomic E-state index is 13.4. The van der Waals surface area contributed by atoms with Crippen molar-refractivity contribution >= 4 is 38.7 Å². The number of nitrogens with one attached hydrogen (secondary N) is 1. The number of amides is 1. The van der Waals surface area contributed by atoms with Gasteiger partial charge in [-0.1, -0.05) is 40.4 Å². The highest BCUT2D eigenvalue weighted by molar-refractivity contribution is 7.19. The first-order valence-electron chi connectivity index (χ1n) is 8.96. The molecule has 0 saturated carbocycles. The minimum atomic E-state index is -0.551. The Morgan fingerprint density at radius 1 is 1.06 bits per heavy atom. The lowest BCUT2D eigenvalue weighted by Gasteiger charge is -2.05. The molecule has 1 amide bonds. The fraction of sp³-hybridized carbons (Fsp3) is 0.0476. The van der Waals surface area contributed by atoms with Crippen molar-refractivity contribution in [3.8, 4) is 22.1 Å². The molecule has 0 aliphatic carbocycles. The summed E-state index contributed by atoms with van der Waals surface area (Å²) in [5.74, 6) is -0.309. The molecule has 0 atom stereocenters. The summed E-state index contributed by atoms with van der Waals surface area (Å²) >= 11 is 1.88. The van der Waals surface area contributed by atoms with Gasteiger partial charge in [-0.25, -0.2) is 9.37 Å². The van der Waals surface area contributed by atoms with E-state index in [9.17, 15) is 19.3 Å². The highest BCUT2D eigenvalue weighted by Crippen LogP contribution is 2.41. The van der Waals surface area contributed by atoms with Crippen molar-refractivity contribution < 1.29 is 18.8 Å². The van der Waals surface area contributed by atoms with Gasteiger partial charge in [0.15, 0.2) is 5.13 Å². The predicted molar refractivity (Wildman–Crippen MR) is 118 cm³/mol. The summed E-state index contributed by atoms with van der Waals surface area (Å²) in [4.78, 5) is 27.4. The van der Waals surface area contributed by atoms with Crippen LogP contribution in [0.3, 0.4) is 0 Å². The van der Waals surface area contributed by atoms with Gasteiger partial charge in [-0.05, 0) is 49.4 Å². The third kappa shape index (κ3) is 4.76. The monoisotopic (exact) mass is 455 g/mol. The van der Waals surface area contributed by atoms with Crippen molar-refractivity contribution in [2.45, 2.75) is 6.92 Å². The number of carbonyl (C=O) groups excluding carboxylic acids is 1. The molecule has 4 aromatic rings. The maximum Gasteiger partial charge on any atom is 0.324 e. The van der Waals surface area contributed by atoms with E-state index in [1.807, 2.05) is 31.2 Å². The van der Waals surface area contributed by atoms with E-state index in [1.54, 1.807) is 12.1 Å². The number of thiazole rings is 1. The van der Waals surface area contributed by atoms with Crippen molar-refractivity contribution in [2.24, 2.45) is 0 Å². The lowest BCUT2D eigenvalue weighted by atomic mass is 10.2. The first kappa shape index (κ1) is 20.6. The molecule has 0 bridgehead atoms. The summed E-state index contributed by atoms with van der Waals surface area (Å²) in [5, 5.41) is 14.0. The lowest BCUT2D eigenvalue weighted by molar-refractivity contribution is -0.380. The molecule has 0 aliphatic rings. The number of aromatic nitrogens is 1. The molecule has 2 heterocycles. The topological polar surface area (TPSA) is 94.4 Å². The number of rotatable bonds is 6. The number of halogens is 1. The largest absolute Gasteiger partial charge is 0.444 e. The van der Waals surface area contributed by atoms with Crippen molar-refractivity contribution in [2.75, 3.05) is 5.32 Å². The summed E-state index contributed by atoms with van der Waals surface area (Å²) in [6, 6.07) is 15.9. The van der Waals surface area contributed by atoms with Gasteiger partial charge in [0.25, 0.3) is 5.91 Å². The van der Waals surface area contributed by atoms with Gasteiger partial charge in [-0.2, -0.15) is 0 Å². The van der Waals surface area contributed by atoms with Crippen LogP contribution in [0.2, 0.25) is 0 Å². The number of ether oxygens (including phenoxy) is 1. The van der Waals surface area contributed by atoms with Gasteiger partial charge in [0.05, 0.1) is 9.80 Å². The Labute approximate surface area is 183 Å². The van der Waals surface area contributed by atoms with Crippen LogP contribution >= 0.6 is 22.7 Å². The molecule has 4 rings (SSSR count). The quantitative estimate of drug-likeness (QED) is 0.273.